The van der Waals surface area contributed by atoms with Gasteiger partial charge in [-0.15, -0.1) is 0 Å². The topological polar surface area (TPSA) is 69.0 Å². The Kier molecular flexibility index (Phi) is 5.60. The van der Waals surface area contributed by atoms with Gasteiger partial charge in [0.15, 0.2) is 11.4 Å². The molecule has 2 aromatic carbocycles. The summed E-state index contributed by atoms with van der Waals surface area (Å²) in [6.07, 6.45) is 3.51. The first kappa shape index (κ1) is 22.9. The fourth-order valence-electron chi connectivity index (χ4n) is 6.06. The van der Waals surface area contributed by atoms with Crippen molar-refractivity contribution in [3.63, 3.8) is 0 Å². The molecule has 1 fully saturated rings. The number of hydrogen-bond acceptors (Lipinski definition) is 5. The van der Waals surface area contributed by atoms with Crippen molar-refractivity contribution in [2.75, 3.05) is 31.3 Å². The van der Waals surface area contributed by atoms with Crippen LogP contribution in [-0.2, 0) is 12.8 Å². The highest BCUT2D eigenvalue weighted by atomic mass is 16.3. The minimum absolute atomic E-state index is 0.0403. The van der Waals surface area contributed by atoms with Gasteiger partial charge in [-0.05, 0) is 41.0 Å². The highest BCUT2D eigenvalue weighted by molar-refractivity contribution is 5.96. The van der Waals surface area contributed by atoms with E-state index in [1.807, 2.05) is 4.90 Å². The number of fused-ring (bicyclic) bond motifs is 3. The van der Waals surface area contributed by atoms with Gasteiger partial charge in [0.05, 0.1) is 12.1 Å². The van der Waals surface area contributed by atoms with Crippen molar-refractivity contribution < 1.29 is 9.90 Å². The molecule has 1 saturated heterocycles. The van der Waals surface area contributed by atoms with Crippen LogP contribution in [-0.4, -0.2) is 57.8 Å². The molecule has 186 valence electrons. The summed E-state index contributed by atoms with van der Waals surface area (Å²) in [4.78, 5) is 30.4. The van der Waals surface area contributed by atoms with E-state index in [-0.39, 0.29) is 23.7 Å². The molecule has 1 aromatic heterocycles. The number of nitrogens with zero attached hydrogens (tertiary/aromatic N) is 4. The fourth-order valence-corrected chi connectivity index (χ4v) is 6.06. The summed E-state index contributed by atoms with van der Waals surface area (Å²) >= 11 is 0. The average molecular weight is 485 g/mol. The van der Waals surface area contributed by atoms with Crippen LogP contribution in [0.2, 0.25) is 0 Å². The van der Waals surface area contributed by atoms with Crippen molar-refractivity contribution in [1.29, 1.82) is 0 Å². The molecule has 0 unspecified atom stereocenters. The normalized spacial score (nSPS) is 18.5. The number of aromatic nitrogens is 1. The van der Waals surface area contributed by atoms with E-state index in [0.29, 0.717) is 12.6 Å². The van der Waals surface area contributed by atoms with Crippen molar-refractivity contribution in [2.45, 2.75) is 38.8 Å². The van der Waals surface area contributed by atoms with Crippen LogP contribution in [0.15, 0.2) is 65.6 Å². The number of rotatable bonds is 4. The number of likely N-dealkylation sites (tertiary alicyclic amines) is 1. The first-order valence-corrected chi connectivity index (χ1v) is 12.8. The lowest BCUT2D eigenvalue weighted by atomic mass is 9.94. The Balaban J connectivity index is 1.48. The number of carbonyl (C=O) groups excluding carboxylic acids is 1. The molecule has 3 aliphatic rings. The summed E-state index contributed by atoms with van der Waals surface area (Å²) in [5, 5.41) is 13.0. The second-order valence-corrected chi connectivity index (χ2v) is 10.6. The zero-order valence-corrected chi connectivity index (χ0v) is 20.8. The zero-order valence-electron chi connectivity index (χ0n) is 20.8. The van der Waals surface area contributed by atoms with Crippen LogP contribution >= 0.6 is 0 Å². The van der Waals surface area contributed by atoms with Crippen molar-refractivity contribution >= 4 is 5.91 Å². The molecule has 0 saturated carbocycles. The number of aryl methyl sites for hydroxylation is 2. The zero-order chi connectivity index (χ0) is 25.0. The second kappa shape index (κ2) is 8.82. The lowest BCUT2D eigenvalue weighted by Crippen LogP contribution is -2.66. The monoisotopic (exact) mass is 484 g/mol. The molecular weight excluding hydrogens is 452 g/mol. The lowest BCUT2D eigenvalue weighted by molar-refractivity contribution is 0.0139. The highest BCUT2D eigenvalue weighted by Gasteiger charge is 2.43. The van der Waals surface area contributed by atoms with Crippen LogP contribution in [0.5, 0.6) is 5.75 Å². The van der Waals surface area contributed by atoms with Crippen molar-refractivity contribution in [3.05, 3.63) is 99.0 Å². The van der Waals surface area contributed by atoms with Crippen molar-refractivity contribution in [2.24, 2.45) is 5.92 Å². The van der Waals surface area contributed by atoms with Crippen LogP contribution in [0.25, 0.3) is 0 Å². The van der Waals surface area contributed by atoms with Gasteiger partial charge in [-0.1, -0.05) is 62.4 Å². The van der Waals surface area contributed by atoms with E-state index in [9.17, 15) is 14.7 Å². The third-order valence-corrected chi connectivity index (χ3v) is 7.75. The summed E-state index contributed by atoms with van der Waals surface area (Å²) < 4.78 is 1.71. The van der Waals surface area contributed by atoms with Crippen molar-refractivity contribution in [3.8, 4) is 5.75 Å². The third-order valence-electron chi connectivity index (χ3n) is 7.75. The number of carbonyl (C=O) groups is 1. The molecule has 36 heavy (non-hydrogen) atoms. The van der Waals surface area contributed by atoms with Crippen LogP contribution < -0.4 is 10.4 Å². The molecule has 3 aromatic rings. The van der Waals surface area contributed by atoms with Gasteiger partial charge >= 0.3 is 0 Å². The molecule has 1 N–H and O–H groups in total. The molecule has 1 amide bonds. The van der Waals surface area contributed by atoms with Crippen molar-refractivity contribution in [1.82, 2.24) is 14.5 Å². The number of aromatic hydroxyl groups is 1. The average Bonchev–Trinajstić information content (AvgIpc) is 3.01. The van der Waals surface area contributed by atoms with E-state index in [0.717, 1.165) is 32.5 Å². The lowest BCUT2D eigenvalue weighted by Gasteiger charge is -2.51. The Morgan fingerprint density at radius 2 is 1.53 bits per heavy atom. The van der Waals surface area contributed by atoms with E-state index < -0.39 is 11.2 Å². The summed E-state index contributed by atoms with van der Waals surface area (Å²) in [5.74, 6) is -0.210. The maximum Gasteiger partial charge on any atom is 0.278 e. The van der Waals surface area contributed by atoms with E-state index in [1.54, 1.807) is 10.9 Å². The summed E-state index contributed by atoms with van der Waals surface area (Å²) in [7, 11) is 0. The SMILES string of the molecule is CC(C)CN1CC(N2CN(C3c4ccccc4CCc4ccccc43)n3ccc(=O)c(O)c3C2=O)C1. The predicted octanol–water partition coefficient (Wildman–Crippen LogP) is 3.13. The Morgan fingerprint density at radius 3 is 2.14 bits per heavy atom. The number of amides is 1. The molecule has 6 rings (SSSR count). The predicted molar refractivity (Wildman–Crippen MR) is 139 cm³/mol. The van der Waals surface area contributed by atoms with Gasteiger partial charge in [0.1, 0.15) is 6.67 Å². The molecule has 0 bridgehead atoms. The maximum absolute atomic E-state index is 13.7. The van der Waals surface area contributed by atoms with Gasteiger partial charge < -0.3 is 10.0 Å². The summed E-state index contributed by atoms with van der Waals surface area (Å²) in [6.45, 7) is 7.36. The van der Waals surface area contributed by atoms with E-state index in [4.69, 9.17) is 0 Å². The standard InChI is InChI=1S/C29H32N4O3/c1-19(2)15-30-16-22(17-30)31-18-33(32-14-13-25(34)28(35)27(32)29(31)36)26-23-9-5-3-7-20(23)11-12-21-8-4-6-10-24(21)26/h3-10,13-14,19,22,26,35H,11-12,15-18H2,1-2H3. The van der Waals surface area contributed by atoms with Gasteiger partial charge in [-0.25, -0.2) is 0 Å². The smallest absolute Gasteiger partial charge is 0.278 e. The van der Waals surface area contributed by atoms with Gasteiger partial charge in [0.2, 0.25) is 5.43 Å². The van der Waals surface area contributed by atoms with Crippen LogP contribution in [0, 0.1) is 5.92 Å². The van der Waals surface area contributed by atoms with Gasteiger partial charge in [0, 0.05) is 31.9 Å². The molecule has 7 heteroatoms. The quantitative estimate of drug-likeness (QED) is 0.616. The minimum atomic E-state index is -0.534. The Labute approximate surface area is 211 Å². The second-order valence-electron chi connectivity index (χ2n) is 10.6. The first-order valence-electron chi connectivity index (χ1n) is 12.8. The Bertz CT molecular complexity index is 1330. The number of hydrogen-bond donors (Lipinski definition) is 1. The maximum atomic E-state index is 13.7. The van der Waals surface area contributed by atoms with E-state index in [2.05, 4.69) is 72.3 Å². The highest BCUT2D eigenvalue weighted by Crippen LogP contribution is 2.38. The van der Waals surface area contributed by atoms with E-state index >= 15 is 0 Å². The largest absolute Gasteiger partial charge is 0.502 e. The molecule has 0 atom stereocenters. The van der Waals surface area contributed by atoms with Gasteiger partial charge in [0.25, 0.3) is 5.91 Å². The molecule has 2 aliphatic heterocycles. The van der Waals surface area contributed by atoms with Crippen LogP contribution in [0.4, 0.5) is 0 Å². The molecule has 3 heterocycles. The molecular formula is C29H32N4O3. The third kappa shape index (κ3) is 3.69. The van der Waals surface area contributed by atoms with Gasteiger partial charge in [-0.2, -0.15) is 0 Å². The summed E-state index contributed by atoms with van der Waals surface area (Å²) in [5.41, 5.74) is 4.46. The molecule has 0 radical (unpaired) electrons. The van der Waals surface area contributed by atoms with Crippen LogP contribution in [0.1, 0.15) is 52.6 Å². The first-order chi connectivity index (χ1) is 17.4. The Morgan fingerprint density at radius 1 is 0.917 bits per heavy atom. The fraction of sp³-hybridized carbons (Fsp3) is 0.379. The number of benzene rings is 2. The minimum Gasteiger partial charge on any atom is -0.502 e. The molecule has 1 aliphatic carbocycles. The molecule has 0 spiro atoms. The van der Waals surface area contributed by atoms with E-state index in [1.165, 1.54) is 28.3 Å². The summed E-state index contributed by atoms with van der Waals surface area (Å²) in [6, 6.07) is 18.2. The molecule has 7 nitrogen and oxygen atoms in total. The van der Waals surface area contributed by atoms with Gasteiger partial charge in [-0.3, -0.25) is 24.2 Å². The number of pyridine rings is 1. The van der Waals surface area contributed by atoms with Crippen LogP contribution in [0.3, 0.4) is 0 Å². The Hall–Kier alpha value is -3.58.